The van der Waals surface area contributed by atoms with Gasteiger partial charge in [-0.3, -0.25) is 11.3 Å². The van der Waals surface area contributed by atoms with Gasteiger partial charge in [0.1, 0.15) is 0 Å². The molecule has 0 spiro atoms. The molecule has 8 heavy (non-hydrogen) atoms. The van der Waals surface area contributed by atoms with E-state index >= 15 is 0 Å². The molecule has 0 saturated carbocycles. The molecule has 0 heterocycles. The van der Waals surface area contributed by atoms with Gasteiger partial charge in [-0.15, -0.1) is 0 Å². The van der Waals surface area contributed by atoms with Crippen LogP contribution in [0.2, 0.25) is 0 Å². The van der Waals surface area contributed by atoms with Crippen molar-refractivity contribution in [2.75, 3.05) is 13.1 Å². The smallest absolute Gasteiger partial charge is 0.0632 e. The average molecular weight is 117 g/mol. The lowest BCUT2D eigenvalue weighted by Gasteiger charge is -1.90. The highest BCUT2D eigenvalue weighted by Gasteiger charge is 1.79. The van der Waals surface area contributed by atoms with Crippen LogP contribution in [-0.4, -0.2) is 13.1 Å². The van der Waals surface area contributed by atoms with Gasteiger partial charge in [-0.1, -0.05) is 5.22 Å². The zero-order valence-corrected chi connectivity index (χ0v) is 4.67. The fourth-order valence-corrected chi connectivity index (χ4v) is 0.310. The first-order valence-electron chi connectivity index (χ1n) is 2.42. The van der Waals surface area contributed by atoms with Crippen molar-refractivity contribution in [3.63, 3.8) is 0 Å². The quantitative estimate of drug-likeness (QED) is 0.194. The molecule has 0 fully saturated rings. The molecule has 0 rings (SSSR count). The predicted molar refractivity (Wildman–Crippen MR) is 30.7 cm³/mol. The maximum atomic E-state index is 4.96. The molecule has 0 aromatic heterocycles. The molecule has 48 valence electrons. The topological polar surface area (TPSA) is 88.8 Å². The summed E-state index contributed by atoms with van der Waals surface area (Å²) in [5, 5.41) is 6.58. The summed E-state index contributed by atoms with van der Waals surface area (Å²) < 4.78 is 0. The van der Waals surface area contributed by atoms with Gasteiger partial charge in [0, 0.05) is 6.54 Å². The first-order valence-corrected chi connectivity index (χ1v) is 2.42. The molecule has 0 bridgehead atoms. The fraction of sp³-hybridized carbons (Fsp3) is 1.00. The van der Waals surface area contributed by atoms with Gasteiger partial charge in [0.15, 0.2) is 0 Å². The van der Waals surface area contributed by atoms with Crippen LogP contribution >= 0.6 is 0 Å². The Morgan fingerprint density at radius 2 is 2.25 bits per heavy atom. The van der Waals surface area contributed by atoms with Crippen LogP contribution in [-0.2, 0) is 0 Å². The Morgan fingerprint density at radius 1 is 1.50 bits per heavy atom. The van der Waals surface area contributed by atoms with Crippen LogP contribution in [0.3, 0.4) is 0 Å². The van der Waals surface area contributed by atoms with E-state index in [1.807, 2.05) is 0 Å². The molecule has 0 radical (unpaired) electrons. The van der Waals surface area contributed by atoms with E-state index in [1.165, 1.54) is 0 Å². The van der Waals surface area contributed by atoms with E-state index in [4.69, 9.17) is 11.7 Å². The number of nitrogens with one attached hydrogen (secondary N) is 1. The second kappa shape index (κ2) is 6.32. The molecule has 0 amide bonds. The highest BCUT2D eigenvalue weighted by atomic mass is 15.3. The van der Waals surface area contributed by atoms with Crippen LogP contribution in [0.4, 0.5) is 0 Å². The van der Waals surface area contributed by atoms with Crippen LogP contribution in [0.1, 0.15) is 6.42 Å². The lowest BCUT2D eigenvalue weighted by molar-refractivity contribution is 0.673. The summed E-state index contributed by atoms with van der Waals surface area (Å²) in [6.07, 6.45) is 0.872. The summed E-state index contributed by atoms with van der Waals surface area (Å²) in [5.74, 6) is 9.67. The largest absolute Gasteiger partial charge is 0.305 e. The molecule has 0 aromatic carbocycles. The molecule has 0 aliphatic rings. The summed E-state index contributed by atoms with van der Waals surface area (Å²) in [5.41, 5.74) is 2.48. The van der Waals surface area contributed by atoms with Gasteiger partial charge in [-0.05, 0) is 6.42 Å². The first-order chi connectivity index (χ1) is 3.91. The predicted octanol–water partition coefficient (Wildman–Crippen LogP) is -0.834. The molecule has 0 aliphatic carbocycles. The molecular formula is C3H11N5. The number of rotatable bonds is 4. The summed E-state index contributed by atoms with van der Waals surface area (Å²) in [6, 6.07) is 0. The number of hydrazine groups is 1. The number of hydrogen-bond acceptors (Lipinski definition) is 4. The number of nitrogens with two attached hydrogens (primary N) is 2. The Bertz CT molecular complexity index is 60.7. The SMILES string of the molecule is NN=NCCCNN. The van der Waals surface area contributed by atoms with E-state index in [0.717, 1.165) is 13.0 Å². The van der Waals surface area contributed by atoms with Crippen LogP contribution in [0.15, 0.2) is 10.3 Å². The Labute approximate surface area is 48.1 Å². The van der Waals surface area contributed by atoms with Crippen LogP contribution in [0.25, 0.3) is 0 Å². The Morgan fingerprint density at radius 3 is 2.75 bits per heavy atom. The molecule has 0 unspecified atom stereocenters. The minimum absolute atomic E-state index is 0.640. The lowest BCUT2D eigenvalue weighted by Crippen LogP contribution is -2.23. The third-order valence-corrected chi connectivity index (χ3v) is 0.661. The number of hydrogen-bond donors (Lipinski definition) is 3. The van der Waals surface area contributed by atoms with Crippen molar-refractivity contribution in [2.45, 2.75) is 6.42 Å². The Hall–Kier alpha value is -0.680. The second-order valence-corrected chi connectivity index (χ2v) is 1.29. The first kappa shape index (κ1) is 7.32. The van der Waals surface area contributed by atoms with Crippen LogP contribution < -0.4 is 17.1 Å². The van der Waals surface area contributed by atoms with Crippen molar-refractivity contribution in [3.8, 4) is 0 Å². The molecular weight excluding hydrogens is 106 g/mol. The van der Waals surface area contributed by atoms with Gasteiger partial charge >= 0.3 is 0 Å². The highest BCUT2D eigenvalue weighted by molar-refractivity contribution is 4.40. The highest BCUT2D eigenvalue weighted by Crippen LogP contribution is 1.75. The zero-order chi connectivity index (χ0) is 6.24. The Balaban J connectivity index is 2.72. The van der Waals surface area contributed by atoms with Crippen molar-refractivity contribution in [1.82, 2.24) is 5.43 Å². The van der Waals surface area contributed by atoms with Gasteiger partial charge in [-0.2, -0.15) is 5.11 Å². The van der Waals surface area contributed by atoms with Crippen LogP contribution in [0, 0.1) is 0 Å². The van der Waals surface area contributed by atoms with E-state index < -0.39 is 0 Å². The third-order valence-electron chi connectivity index (χ3n) is 0.661. The minimum Gasteiger partial charge on any atom is -0.305 e. The summed E-state index contributed by atoms with van der Waals surface area (Å²) in [6.45, 7) is 1.39. The van der Waals surface area contributed by atoms with E-state index in [-0.39, 0.29) is 0 Å². The van der Waals surface area contributed by atoms with E-state index in [2.05, 4.69) is 15.8 Å². The third kappa shape index (κ3) is 5.32. The minimum atomic E-state index is 0.640. The Kier molecular flexibility index (Phi) is 5.78. The van der Waals surface area contributed by atoms with Gasteiger partial charge in [0.05, 0.1) is 6.54 Å². The molecule has 5 N–H and O–H groups in total. The summed E-state index contributed by atoms with van der Waals surface area (Å²) in [7, 11) is 0. The van der Waals surface area contributed by atoms with Crippen molar-refractivity contribution in [1.29, 1.82) is 0 Å². The summed E-state index contributed by atoms with van der Waals surface area (Å²) >= 11 is 0. The lowest BCUT2D eigenvalue weighted by atomic mass is 10.4. The van der Waals surface area contributed by atoms with Gasteiger partial charge in [-0.25, -0.2) is 0 Å². The second-order valence-electron chi connectivity index (χ2n) is 1.29. The normalized spacial score (nSPS) is 10.6. The maximum Gasteiger partial charge on any atom is 0.0632 e. The van der Waals surface area contributed by atoms with Crippen molar-refractivity contribution >= 4 is 0 Å². The molecule has 0 atom stereocenters. The van der Waals surface area contributed by atoms with Gasteiger partial charge in [0.25, 0.3) is 0 Å². The van der Waals surface area contributed by atoms with E-state index in [0.29, 0.717) is 6.54 Å². The average Bonchev–Trinajstić information content (AvgIpc) is 1.81. The van der Waals surface area contributed by atoms with Crippen LogP contribution in [0.5, 0.6) is 0 Å². The fourth-order valence-electron chi connectivity index (χ4n) is 0.310. The summed E-state index contributed by atoms with van der Waals surface area (Å²) in [4.78, 5) is 0. The van der Waals surface area contributed by atoms with E-state index in [1.54, 1.807) is 0 Å². The van der Waals surface area contributed by atoms with Crippen molar-refractivity contribution in [3.05, 3.63) is 0 Å². The van der Waals surface area contributed by atoms with Gasteiger partial charge < -0.3 is 5.84 Å². The maximum absolute atomic E-state index is 4.96. The molecule has 5 nitrogen and oxygen atoms in total. The van der Waals surface area contributed by atoms with Crippen molar-refractivity contribution in [2.24, 2.45) is 22.0 Å². The monoisotopic (exact) mass is 117 g/mol. The zero-order valence-electron chi connectivity index (χ0n) is 4.67. The molecule has 5 heteroatoms. The van der Waals surface area contributed by atoms with E-state index in [9.17, 15) is 0 Å². The molecule has 0 aliphatic heterocycles. The molecule has 0 saturated heterocycles. The van der Waals surface area contributed by atoms with Crippen molar-refractivity contribution < 1.29 is 0 Å². The van der Waals surface area contributed by atoms with Gasteiger partial charge in [0.2, 0.25) is 0 Å². The number of nitrogens with zero attached hydrogens (tertiary/aromatic N) is 2. The molecule has 0 aromatic rings. The standard InChI is InChI=1S/C3H11N5/c4-6-2-1-3-7-8-5/h6H,1-4H2,(H2,5,7).